The van der Waals surface area contributed by atoms with E-state index in [4.69, 9.17) is 21.2 Å². The third kappa shape index (κ3) is 3.78. The maximum Gasteiger partial charge on any atom is 0.263 e. The number of ether oxygens (including phenoxy) is 1. The van der Waals surface area contributed by atoms with Gasteiger partial charge in [0, 0.05) is 49.2 Å². The van der Waals surface area contributed by atoms with Crippen molar-refractivity contribution >= 4 is 39.1 Å². The standard InChI is InChI=1S/C22H27N7O2S/c1-11-3-5-14-18(24)19(32-21(14)26-11)20(30)27-13-4-6-16-12(7-13)8-25-22(28-16)29-9-15(23)17(10-29)31-2/h3,5,8,13,15,17H,4,6-7,9-10,23-24H2,1-2H3,(H,27,30)/t13-,15-,17-/m0/s1. The summed E-state index contributed by atoms with van der Waals surface area (Å²) in [5, 5.41) is 3.98. The molecule has 3 aromatic rings. The number of nitrogens with one attached hydrogen (secondary N) is 1. The number of anilines is 2. The Balaban J connectivity index is 1.28. The predicted molar refractivity (Wildman–Crippen MR) is 125 cm³/mol. The van der Waals surface area contributed by atoms with E-state index in [1.54, 1.807) is 7.11 Å². The number of pyridine rings is 1. The van der Waals surface area contributed by atoms with Crippen LogP contribution in [-0.2, 0) is 17.6 Å². The molecular weight excluding hydrogens is 426 g/mol. The third-order valence-corrected chi connectivity index (χ3v) is 7.42. The molecule has 1 aliphatic carbocycles. The van der Waals surface area contributed by atoms with Gasteiger partial charge in [-0.05, 0) is 43.9 Å². The quantitative estimate of drug-likeness (QED) is 0.540. The third-order valence-electron chi connectivity index (χ3n) is 6.31. The van der Waals surface area contributed by atoms with Crippen LogP contribution in [0.3, 0.4) is 0 Å². The molecule has 1 fully saturated rings. The van der Waals surface area contributed by atoms with Crippen molar-refractivity contribution in [1.29, 1.82) is 0 Å². The van der Waals surface area contributed by atoms with Gasteiger partial charge in [0.25, 0.3) is 5.91 Å². The van der Waals surface area contributed by atoms with Crippen LogP contribution in [0.4, 0.5) is 11.6 Å². The molecular formula is C22H27N7O2S. The summed E-state index contributed by atoms with van der Waals surface area (Å²) in [6.07, 6.45) is 4.17. The molecule has 1 amide bonds. The molecule has 5 N–H and O–H groups in total. The average Bonchev–Trinajstić information content (AvgIpc) is 3.32. The molecule has 168 valence electrons. The highest BCUT2D eigenvalue weighted by molar-refractivity contribution is 7.21. The summed E-state index contributed by atoms with van der Waals surface area (Å²) < 4.78 is 5.43. The number of methoxy groups -OCH3 is 1. The molecule has 0 saturated carbocycles. The first-order chi connectivity index (χ1) is 15.4. The molecule has 0 bridgehead atoms. The Morgan fingerprint density at radius 1 is 1.31 bits per heavy atom. The summed E-state index contributed by atoms with van der Waals surface area (Å²) >= 11 is 1.34. The van der Waals surface area contributed by atoms with Gasteiger partial charge < -0.3 is 26.4 Å². The second kappa shape index (κ2) is 8.27. The molecule has 3 atom stereocenters. The van der Waals surface area contributed by atoms with Gasteiger partial charge in [-0.25, -0.2) is 15.0 Å². The van der Waals surface area contributed by atoms with Crippen molar-refractivity contribution in [3.8, 4) is 0 Å². The van der Waals surface area contributed by atoms with Crippen LogP contribution in [0.2, 0.25) is 0 Å². The number of aryl methyl sites for hydroxylation is 2. The fourth-order valence-corrected chi connectivity index (χ4v) is 5.54. The Hall–Kier alpha value is -2.82. The van der Waals surface area contributed by atoms with Gasteiger partial charge in [-0.15, -0.1) is 11.3 Å². The van der Waals surface area contributed by atoms with Gasteiger partial charge in [-0.2, -0.15) is 0 Å². The van der Waals surface area contributed by atoms with Gasteiger partial charge in [-0.3, -0.25) is 4.79 Å². The number of fused-ring (bicyclic) bond motifs is 2. The van der Waals surface area contributed by atoms with E-state index in [1.165, 1.54) is 11.3 Å². The van der Waals surface area contributed by atoms with Crippen molar-refractivity contribution in [2.45, 2.75) is 44.4 Å². The summed E-state index contributed by atoms with van der Waals surface area (Å²) in [7, 11) is 1.68. The van der Waals surface area contributed by atoms with Crippen molar-refractivity contribution in [2.75, 3.05) is 30.8 Å². The zero-order chi connectivity index (χ0) is 22.4. The van der Waals surface area contributed by atoms with E-state index in [1.807, 2.05) is 25.3 Å². The average molecular weight is 454 g/mol. The van der Waals surface area contributed by atoms with E-state index in [9.17, 15) is 4.79 Å². The van der Waals surface area contributed by atoms with Crippen molar-refractivity contribution in [3.05, 3.63) is 40.2 Å². The molecule has 5 rings (SSSR count). The summed E-state index contributed by atoms with van der Waals surface area (Å²) in [6, 6.07) is 3.81. The van der Waals surface area contributed by atoms with Crippen LogP contribution in [0.25, 0.3) is 10.2 Å². The first kappa shape index (κ1) is 21.0. The zero-order valence-electron chi connectivity index (χ0n) is 18.2. The number of nitrogens with zero attached hydrogens (tertiary/aromatic N) is 4. The van der Waals surface area contributed by atoms with Crippen LogP contribution < -0.4 is 21.7 Å². The predicted octanol–water partition coefficient (Wildman–Crippen LogP) is 1.43. The number of carbonyl (C=O) groups excluding carboxylic acids is 1. The fourth-order valence-electron chi connectivity index (χ4n) is 4.49. The summed E-state index contributed by atoms with van der Waals surface area (Å²) in [4.78, 5) is 30.2. The normalized spacial score (nSPS) is 22.8. The first-order valence-electron chi connectivity index (χ1n) is 10.8. The maximum atomic E-state index is 12.9. The van der Waals surface area contributed by atoms with E-state index in [2.05, 4.69) is 20.2 Å². The van der Waals surface area contributed by atoms with Gasteiger partial charge in [-0.1, -0.05) is 0 Å². The Bertz CT molecular complexity index is 1180. The molecule has 3 aromatic heterocycles. The largest absolute Gasteiger partial charge is 0.397 e. The van der Waals surface area contributed by atoms with E-state index in [-0.39, 0.29) is 24.1 Å². The van der Waals surface area contributed by atoms with Gasteiger partial charge in [0.2, 0.25) is 5.95 Å². The molecule has 10 heteroatoms. The number of aromatic nitrogens is 3. The summed E-state index contributed by atoms with van der Waals surface area (Å²) in [5.41, 5.74) is 15.9. The van der Waals surface area contributed by atoms with Crippen molar-refractivity contribution in [2.24, 2.45) is 5.73 Å². The summed E-state index contributed by atoms with van der Waals surface area (Å²) in [6.45, 7) is 3.30. The number of hydrogen-bond acceptors (Lipinski definition) is 9. The van der Waals surface area contributed by atoms with Crippen LogP contribution in [0.5, 0.6) is 0 Å². The van der Waals surface area contributed by atoms with Crippen molar-refractivity contribution in [3.63, 3.8) is 0 Å². The highest BCUT2D eigenvalue weighted by Crippen LogP contribution is 2.33. The molecule has 0 radical (unpaired) electrons. The first-order valence-corrected chi connectivity index (χ1v) is 11.6. The lowest BCUT2D eigenvalue weighted by molar-refractivity contribution is 0.0938. The number of thiophene rings is 1. The summed E-state index contributed by atoms with van der Waals surface area (Å²) in [5.74, 6) is 0.549. The van der Waals surface area contributed by atoms with Crippen LogP contribution in [0.15, 0.2) is 18.3 Å². The number of amides is 1. The van der Waals surface area contributed by atoms with Gasteiger partial charge in [0.1, 0.15) is 9.71 Å². The lowest BCUT2D eigenvalue weighted by Crippen LogP contribution is -2.39. The van der Waals surface area contributed by atoms with Crippen LogP contribution >= 0.6 is 11.3 Å². The van der Waals surface area contributed by atoms with E-state index >= 15 is 0 Å². The minimum Gasteiger partial charge on any atom is -0.397 e. The van der Waals surface area contributed by atoms with Gasteiger partial charge in [0.15, 0.2) is 0 Å². The molecule has 2 aliphatic rings. The smallest absolute Gasteiger partial charge is 0.263 e. The molecule has 0 spiro atoms. The molecule has 1 saturated heterocycles. The van der Waals surface area contributed by atoms with Crippen molar-refractivity contribution in [1.82, 2.24) is 20.3 Å². The zero-order valence-corrected chi connectivity index (χ0v) is 19.0. The van der Waals surface area contributed by atoms with E-state index < -0.39 is 0 Å². The fraction of sp³-hybridized carbons (Fsp3) is 0.455. The second-order valence-corrected chi connectivity index (χ2v) is 9.55. The van der Waals surface area contributed by atoms with E-state index in [0.29, 0.717) is 36.0 Å². The minimum absolute atomic E-state index is 0.00493. The van der Waals surface area contributed by atoms with Gasteiger partial charge >= 0.3 is 0 Å². The minimum atomic E-state index is -0.147. The molecule has 0 aromatic carbocycles. The topological polar surface area (TPSA) is 132 Å². The molecule has 9 nitrogen and oxygen atoms in total. The highest BCUT2D eigenvalue weighted by Gasteiger charge is 2.32. The lowest BCUT2D eigenvalue weighted by atomic mass is 9.93. The SMILES string of the molecule is CO[C@H]1CN(c2ncc3c(n2)CC[C@H](NC(=O)c2sc4nc(C)ccc4c2N)C3)C[C@@H]1N. The number of carbonyl (C=O) groups is 1. The molecule has 1 aliphatic heterocycles. The number of rotatable bonds is 4. The Kier molecular flexibility index (Phi) is 5.44. The Labute approximate surface area is 190 Å². The second-order valence-electron chi connectivity index (χ2n) is 8.55. The number of nitrogen functional groups attached to an aromatic ring is 1. The van der Waals surface area contributed by atoms with Crippen LogP contribution in [-0.4, -0.2) is 59.2 Å². The van der Waals surface area contributed by atoms with Crippen LogP contribution in [0, 0.1) is 6.92 Å². The number of nitrogens with two attached hydrogens (primary N) is 2. The maximum absolute atomic E-state index is 12.9. The molecule has 4 heterocycles. The Morgan fingerprint density at radius 2 is 2.16 bits per heavy atom. The monoisotopic (exact) mass is 453 g/mol. The number of hydrogen-bond donors (Lipinski definition) is 3. The van der Waals surface area contributed by atoms with Crippen LogP contribution in [0.1, 0.15) is 33.0 Å². The van der Waals surface area contributed by atoms with Gasteiger partial charge in [0.05, 0.1) is 17.8 Å². The Morgan fingerprint density at radius 3 is 2.94 bits per heavy atom. The van der Waals surface area contributed by atoms with Crippen molar-refractivity contribution < 1.29 is 9.53 Å². The molecule has 32 heavy (non-hydrogen) atoms. The van der Waals surface area contributed by atoms with E-state index in [0.717, 1.165) is 40.0 Å². The molecule has 0 unspecified atom stereocenters. The lowest BCUT2D eigenvalue weighted by Gasteiger charge is -2.26. The highest BCUT2D eigenvalue weighted by atomic mass is 32.1.